The van der Waals surface area contributed by atoms with Crippen molar-refractivity contribution in [3.05, 3.63) is 29.7 Å². The van der Waals surface area contributed by atoms with Crippen molar-refractivity contribution in [2.24, 2.45) is 0 Å². The Balaban J connectivity index is 2.53. The van der Waals surface area contributed by atoms with Crippen LogP contribution in [0.5, 0.6) is 0 Å². The summed E-state index contributed by atoms with van der Waals surface area (Å²) in [4.78, 5) is 12.1. The molecule has 0 spiro atoms. The Morgan fingerprint density at radius 3 is 2.73 bits per heavy atom. The molecule has 0 aromatic carbocycles. The van der Waals surface area contributed by atoms with Gasteiger partial charge in [-0.25, -0.2) is 19.3 Å². The van der Waals surface area contributed by atoms with Gasteiger partial charge in [-0.15, -0.1) is 5.10 Å². The molecule has 78 valence electrons. The van der Waals surface area contributed by atoms with E-state index < -0.39 is 6.67 Å². The molecule has 0 atom stereocenters. The van der Waals surface area contributed by atoms with E-state index in [0.29, 0.717) is 17.5 Å². The van der Waals surface area contributed by atoms with Crippen molar-refractivity contribution in [2.75, 3.05) is 0 Å². The third-order valence-electron chi connectivity index (χ3n) is 1.88. The van der Waals surface area contributed by atoms with Crippen LogP contribution < -0.4 is 0 Å². The number of halogens is 1. The number of alkyl halides is 1. The fourth-order valence-corrected chi connectivity index (χ4v) is 1.29. The smallest absolute Gasteiger partial charge is 0.165 e. The molecule has 0 aliphatic heterocycles. The summed E-state index contributed by atoms with van der Waals surface area (Å²) in [5.41, 5.74) is 0. The van der Waals surface area contributed by atoms with Crippen molar-refractivity contribution in [2.45, 2.75) is 20.5 Å². The molecular weight excluding hydrogens is 197 g/mol. The lowest BCUT2D eigenvalue weighted by Gasteiger charge is -2.02. The summed E-state index contributed by atoms with van der Waals surface area (Å²) in [5.74, 6) is 1.94. The summed E-state index contributed by atoms with van der Waals surface area (Å²) in [5, 5.41) is 4.07. The van der Waals surface area contributed by atoms with Gasteiger partial charge in [0.25, 0.3) is 0 Å². The van der Waals surface area contributed by atoms with E-state index >= 15 is 0 Å². The van der Waals surface area contributed by atoms with Gasteiger partial charge >= 0.3 is 0 Å². The van der Waals surface area contributed by atoms with Gasteiger partial charge in [-0.3, -0.25) is 0 Å². The molecule has 6 heteroatoms. The molecular formula is C9H10FN5. The number of hydrogen-bond acceptors (Lipinski definition) is 4. The molecule has 0 N–H and O–H groups in total. The normalized spacial score (nSPS) is 10.6. The van der Waals surface area contributed by atoms with Crippen LogP contribution in [0.4, 0.5) is 4.39 Å². The summed E-state index contributed by atoms with van der Waals surface area (Å²) in [6, 6.07) is 1.67. The molecule has 2 rings (SSSR count). The minimum Gasteiger partial charge on any atom is -0.242 e. The summed E-state index contributed by atoms with van der Waals surface area (Å²) < 4.78 is 14.0. The number of rotatable bonds is 2. The van der Waals surface area contributed by atoms with E-state index in [1.165, 1.54) is 4.68 Å². The predicted octanol–water partition coefficient (Wildman–Crippen LogP) is 1.14. The highest BCUT2D eigenvalue weighted by atomic mass is 19.1. The first-order valence-corrected chi connectivity index (χ1v) is 4.49. The zero-order valence-electron chi connectivity index (χ0n) is 8.48. The average Bonchev–Trinajstić information content (AvgIpc) is 2.59. The summed E-state index contributed by atoms with van der Waals surface area (Å²) >= 11 is 0. The standard InChI is InChI=1S/C9H10FN5/c1-6-11-4-3-8(12-6)15-9(5-10)13-7(2)14-15/h3-4H,5H2,1-2H3. The van der Waals surface area contributed by atoms with Crippen LogP contribution in [0.3, 0.4) is 0 Å². The maximum absolute atomic E-state index is 12.6. The molecule has 0 saturated heterocycles. The molecule has 0 aliphatic rings. The molecule has 5 nitrogen and oxygen atoms in total. The van der Waals surface area contributed by atoms with E-state index in [-0.39, 0.29) is 5.82 Å². The first kappa shape index (κ1) is 9.70. The minimum atomic E-state index is -0.663. The molecule has 2 heterocycles. The number of aromatic nitrogens is 5. The fourth-order valence-electron chi connectivity index (χ4n) is 1.29. The molecule has 2 aromatic heterocycles. The molecule has 2 aromatic rings. The highest BCUT2D eigenvalue weighted by Crippen LogP contribution is 2.07. The Labute approximate surface area is 86.0 Å². The highest BCUT2D eigenvalue weighted by Gasteiger charge is 2.09. The van der Waals surface area contributed by atoms with Gasteiger partial charge in [-0.05, 0) is 13.8 Å². The monoisotopic (exact) mass is 207 g/mol. The van der Waals surface area contributed by atoms with Gasteiger partial charge in [0, 0.05) is 12.3 Å². The van der Waals surface area contributed by atoms with Crippen LogP contribution in [0, 0.1) is 13.8 Å². The molecule has 0 saturated carbocycles. The maximum atomic E-state index is 12.6. The molecule has 0 radical (unpaired) electrons. The van der Waals surface area contributed by atoms with E-state index in [2.05, 4.69) is 20.1 Å². The molecule has 0 aliphatic carbocycles. The highest BCUT2D eigenvalue weighted by molar-refractivity contribution is 5.20. The maximum Gasteiger partial charge on any atom is 0.165 e. The lowest BCUT2D eigenvalue weighted by molar-refractivity contribution is 0.456. The Hall–Kier alpha value is -1.85. The van der Waals surface area contributed by atoms with Gasteiger partial charge in [0.1, 0.15) is 18.3 Å². The van der Waals surface area contributed by atoms with Gasteiger partial charge in [-0.2, -0.15) is 4.68 Å². The number of aryl methyl sites for hydroxylation is 2. The topological polar surface area (TPSA) is 56.5 Å². The number of hydrogen-bond donors (Lipinski definition) is 0. The Morgan fingerprint density at radius 1 is 1.27 bits per heavy atom. The molecule has 0 unspecified atom stereocenters. The van der Waals surface area contributed by atoms with Crippen molar-refractivity contribution in [1.82, 2.24) is 24.7 Å². The van der Waals surface area contributed by atoms with Crippen LogP contribution in [-0.4, -0.2) is 24.7 Å². The van der Waals surface area contributed by atoms with Gasteiger partial charge in [0.2, 0.25) is 0 Å². The van der Waals surface area contributed by atoms with Crippen LogP contribution in [0.15, 0.2) is 12.3 Å². The Morgan fingerprint density at radius 2 is 2.07 bits per heavy atom. The van der Waals surface area contributed by atoms with Crippen molar-refractivity contribution < 1.29 is 4.39 Å². The third kappa shape index (κ3) is 1.83. The molecule has 0 fully saturated rings. The van der Waals surface area contributed by atoms with E-state index in [1.807, 2.05) is 0 Å². The van der Waals surface area contributed by atoms with Crippen molar-refractivity contribution in [3.8, 4) is 5.82 Å². The average molecular weight is 207 g/mol. The summed E-state index contributed by atoms with van der Waals surface area (Å²) in [6.07, 6.45) is 1.61. The first-order valence-electron chi connectivity index (χ1n) is 4.49. The Bertz CT molecular complexity index is 479. The second kappa shape index (κ2) is 3.72. The third-order valence-corrected chi connectivity index (χ3v) is 1.88. The van der Waals surface area contributed by atoms with Crippen LogP contribution in [0.1, 0.15) is 17.5 Å². The zero-order valence-corrected chi connectivity index (χ0v) is 8.48. The quantitative estimate of drug-likeness (QED) is 0.741. The van der Waals surface area contributed by atoms with Gasteiger partial charge in [0.05, 0.1) is 0 Å². The van der Waals surface area contributed by atoms with Gasteiger partial charge in [-0.1, -0.05) is 0 Å². The van der Waals surface area contributed by atoms with E-state index in [9.17, 15) is 4.39 Å². The molecule has 0 amide bonds. The predicted molar refractivity (Wildman–Crippen MR) is 51.2 cm³/mol. The van der Waals surface area contributed by atoms with Crippen LogP contribution in [0.25, 0.3) is 5.82 Å². The first-order chi connectivity index (χ1) is 7.20. The van der Waals surface area contributed by atoms with Crippen molar-refractivity contribution >= 4 is 0 Å². The van der Waals surface area contributed by atoms with Gasteiger partial charge < -0.3 is 0 Å². The zero-order chi connectivity index (χ0) is 10.8. The lowest BCUT2D eigenvalue weighted by atomic mass is 10.5. The SMILES string of the molecule is Cc1nccc(-n2nc(C)nc2CF)n1. The van der Waals surface area contributed by atoms with E-state index in [4.69, 9.17) is 0 Å². The largest absolute Gasteiger partial charge is 0.242 e. The van der Waals surface area contributed by atoms with Crippen molar-refractivity contribution in [1.29, 1.82) is 0 Å². The van der Waals surface area contributed by atoms with Crippen LogP contribution in [-0.2, 0) is 6.67 Å². The summed E-state index contributed by atoms with van der Waals surface area (Å²) in [6.45, 7) is 2.82. The molecule has 15 heavy (non-hydrogen) atoms. The minimum absolute atomic E-state index is 0.255. The fraction of sp³-hybridized carbons (Fsp3) is 0.333. The van der Waals surface area contributed by atoms with E-state index in [0.717, 1.165) is 0 Å². The van der Waals surface area contributed by atoms with Gasteiger partial charge in [0.15, 0.2) is 11.6 Å². The Kier molecular flexibility index (Phi) is 2.40. The number of nitrogens with zero attached hydrogens (tertiary/aromatic N) is 5. The second-order valence-corrected chi connectivity index (χ2v) is 3.08. The van der Waals surface area contributed by atoms with Crippen LogP contribution in [0.2, 0.25) is 0 Å². The summed E-state index contributed by atoms with van der Waals surface area (Å²) in [7, 11) is 0. The van der Waals surface area contributed by atoms with Crippen molar-refractivity contribution in [3.63, 3.8) is 0 Å². The second-order valence-electron chi connectivity index (χ2n) is 3.08. The lowest BCUT2D eigenvalue weighted by Crippen LogP contribution is -2.05. The van der Waals surface area contributed by atoms with Crippen LogP contribution >= 0.6 is 0 Å². The molecule has 0 bridgehead atoms. The van der Waals surface area contributed by atoms with E-state index in [1.54, 1.807) is 26.1 Å².